The molecule has 100 valence electrons. The fraction of sp³-hybridized carbons (Fsp3) is 0.417. The van der Waals surface area contributed by atoms with E-state index < -0.39 is 5.97 Å². The van der Waals surface area contributed by atoms with E-state index in [4.69, 9.17) is 26.8 Å². The van der Waals surface area contributed by atoms with Gasteiger partial charge in [0, 0.05) is 18.8 Å². The Balaban J connectivity index is 2.58. The molecule has 0 heterocycles. The fourth-order valence-corrected chi connectivity index (χ4v) is 1.43. The number of carbonyl (C=O) groups excluding carboxylic acids is 1. The first kappa shape index (κ1) is 14.6. The minimum absolute atomic E-state index is 0.135. The highest BCUT2D eigenvalue weighted by Gasteiger charge is 2.10. The third kappa shape index (κ3) is 4.43. The van der Waals surface area contributed by atoms with Crippen LogP contribution in [0.25, 0.3) is 0 Å². The molecule has 0 aliphatic heterocycles. The van der Waals surface area contributed by atoms with E-state index in [1.807, 2.05) is 6.07 Å². The normalized spacial score (nSPS) is 11.8. The summed E-state index contributed by atoms with van der Waals surface area (Å²) in [6.07, 6.45) is -0.301. The number of esters is 1. The van der Waals surface area contributed by atoms with Crippen LogP contribution in [-0.4, -0.2) is 32.3 Å². The summed E-state index contributed by atoms with van der Waals surface area (Å²) in [6, 6.07) is 5.36. The SMILES string of the molecule is CNc1ccc(Cl)c(OC(C)COC(=O)CN)c1. The maximum absolute atomic E-state index is 10.9. The van der Waals surface area contributed by atoms with Crippen LogP contribution in [-0.2, 0) is 9.53 Å². The number of anilines is 1. The van der Waals surface area contributed by atoms with E-state index in [9.17, 15) is 4.79 Å². The van der Waals surface area contributed by atoms with E-state index in [0.717, 1.165) is 5.69 Å². The smallest absolute Gasteiger partial charge is 0.319 e. The maximum Gasteiger partial charge on any atom is 0.319 e. The largest absolute Gasteiger partial charge is 0.486 e. The van der Waals surface area contributed by atoms with E-state index in [1.54, 1.807) is 26.1 Å². The predicted molar refractivity (Wildman–Crippen MR) is 71.1 cm³/mol. The van der Waals surface area contributed by atoms with Crippen molar-refractivity contribution in [3.63, 3.8) is 0 Å². The van der Waals surface area contributed by atoms with Crippen LogP contribution in [0.5, 0.6) is 5.75 Å². The van der Waals surface area contributed by atoms with Crippen LogP contribution >= 0.6 is 11.6 Å². The number of halogens is 1. The van der Waals surface area contributed by atoms with Crippen molar-refractivity contribution >= 4 is 23.3 Å². The molecule has 0 radical (unpaired) electrons. The molecule has 1 rings (SSSR count). The lowest BCUT2D eigenvalue weighted by Gasteiger charge is -2.16. The zero-order chi connectivity index (χ0) is 13.5. The summed E-state index contributed by atoms with van der Waals surface area (Å²) in [7, 11) is 1.81. The quantitative estimate of drug-likeness (QED) is 0.771. The monoisotopic (exact) mass is 272 g/mol. The molecular formula is C12H17ClN2O3. The van der Waals surface area contributed by atoms with Gasteiger partial charge in [-0.25, -0.2) is 0 Å². The maximum atomic E-state index is 10.9. The molecule has 0 amide bonds. The first-order valence-electron chi connectivity index (χ1n) is 5.56. The number of benzene rings is 1. The van der Waals surface area contributed by atoms with E-state index >= 15 is 0 Å². The number of nitrogens with one attached hydrogen (secondary N) is 1. The van der Waals surface area contributed by atoms with E-state index in [-0.39, 0.29) is 19.3 Å². The van der Waals surface area contributed by atoms with Crippen molar-refractivity contribution in [2.75, 3.05) is 25.5 Å². The van der Waals surface area contributed by atoms with Crippen LogP contribution in [0.2, 0.25) is 5.02 Å². The zero-order valence-corrected chi connectivity index (χ0v) is 11.2. The topological polar surface area (TPSA) is 73.6 Å². The summed E-state index contributed by atoms with van der Waals surface area (Å²) in [4.78, 5) is 10.9. The van der Waals surface area contributed by atoms with Gasteiger partial charge in [0.15, 0.2) is 0 Å². The molecule has 6 heteroatoms. The Morgan fingerprint density at radius 1 is 1.56 bits per heavy atom. The number of hydrogen-bond acceptors (Lipinski definition) is 5. The van der Waals surface area contributed by atoms with Gasteiger partial charge in [0.1, 0.15) is 18.5 Å². The molecular weight excluding hydrogens is 256 g/mol. The van der Waals surface area contributed by atoms with Gasteiger partial charge in [-0.05, 0) is 19.1 Å². The van der Waals surface area contributed by atoms with Crippen molar-refractivity contribution in [1.82, 2.24) is 0 Å². The number of carbonyl (C=O) groups is 1. The van der Waals surface area contributed by atoms with Crippen molar-refractivity contribution in [2.24, 2.45) is 5.73 Å². The molecule has 5 nitrogen and oxygen atoms in total. The first-order chi connectivity index (χ1) is 8.56. The number of ether oxygens (including phenoxy) is 2. The summed E-state index contributed by atoms with van der Waals surface area (Å²) in [6.45, 7) is 1.78. The lowest BCUT2D eigenvalue weighted by atomic mass is 10.3. The lowest BCUT2D eigenvalue weighted by molar-refractivity contribution is -0.144. The fourth-order valence-electron chi connectivity index (χ4n) is 1.27. The molecule has 0 bridgehead atoms. The average Bonchev–Trinajstić information content (AvgIpc) is 2.38. The van der Waals surface area contributed by atoms with Crippen molar-refractivity contribution in [2.45, 2.75) is 13.0 Å². The minimum Gasteiger partial charge on any atom is -0.486 e. The van der Waals surface area contributed by atoms with Crippen molar-refractivity contribution in [1.29, 1.82) is 0 Å². The van der Waals surface area contributed by atoms with E-state index in [2.05, 4.69) is 5.32 Å². The van der Waals surface area contributed by atoms with E-state index in [1.165, 1.54) is 0 Å². The van der Waals surface area contributed by atoms with Crippen molar-refractivity contribution < 1.29 is 14.3 Å². The summed E-state index contributed by atoms with van der Waals surface area (Å²) < 4.78 is 10.5. The Labute approximate surface area is 111 Å². The zero-order valence-electron chi connectivity index (χ0n) is 10.4. The van der Waals surface area contributed by atoms with Gasteiger partial charge in [-0.2, -0.15) is 0 Å². The Hall–Kier alpha value is -1.46. The van der Waals surface area contributed by atoms with Crippen LogP contribution in [0.3, 0.4) is 0 Å². The Morgan fingerprint density at radius 3 is 2.89 bits per heavy atom. The first-order valence-corrected chi connectivity index (χ1v) is 5.94. The molecule has 1 atom stereocenters. The molecule has 1 unspecified atom stereocenters. The molecule has 3 N–H and O–H groups in total. The molecule has 0 saturated carbocycles. The number of hydrogen-bond donors (Lipinski definition) is 2. The van der Waals surface area contributed by atoms with Crippen LogP contribution < -0.4 is 15.8 Å². The second kappa shape index (κ2) is 7.08. The van der Waals surface area contributed by atoms with Gasteiger partial charge in [-0.15, -0.1) is 0 Å². The second-order valence-electron chi connectivity index (χ2n) is 3.71. The van der Waals surface area contributed by atoms with Gasteiger partial charge in [0.2, 0.25) is 0 Å². The third-order valence-electron chi connectivity index (χ3n) is 2.19. The van der Waals surface area contributed by atoms with Gasteiger partial charge in [-0.1, -0.05) is 11.6 Å². The van der Waals surface area contributed by atoms with Gasteiger partial charge in [-0.3, -0.25) is 4.79 Å². The number of nitrogens with two attached hydrogens (primary N) is 1. The standard InChI is InChI=1S/C12H17ClN2O3/c1-8(7-17-12(16)6-14)18-11-5-9(15-2)3-4-10(11)13/h3-5,8,15H,6-7,14H2,1-2H3. The molecule has 18 heavy (non-hydrogen) atoms. The number of rotatable bonds is 6. The molecule has 1 aromatic carbocycles. The minimum atomic E-state index is -0.458. The molecule has 0 saturated heterocycles. The summed E-state index contributed by atoms with van der Waals surface area (Å²) in [5.74, 6) is 0.0836. The average molecular weight is 273 g/mol. The van der Waals surface area contributed by atoms with Crippen LogP contribution in [0.4, 0.5) is 5.69 Å². The van der Waals surface area contributed by atoms with E-state index in [0.29, 0.717) is 10.8 Å². The van der Waals surface area contributed by atoms with Gasteiger partial charge in [0.25, 0.3) is 0 Å². The molecule has 0 aliphatic rings. The van der Waals surface area contributed by atoms with Crippen molar-refractivity contribution in [3.05, 3.63) is 23.2 Å². The third-order valence-corrected chi connectivity index (χ3v) is 2.51. The summed E-state index contributed by atoms with van der Waals surface area (Å²) >= 11 is 6.01. The Kier molecular flexibility index (Phi) is 5.74. The molecule has 0 spiro atoms. The molecule has 1 aromatic rings. The summed E-state index contributed by atoms with van der Waals surface area (Å²) in [5, 5.41) is 3.49. The summed E-state index contributed by atoms with van der Waals surface area (Å²) in [5.41, 5.74) is 6.02. The van der Waals surface area contributed by atoms with Gasteiger partial charge < -0.3 is 20.5 Å². The second-order valence-corrected chi connectivity index (χ2v) is 4.12. The van der Waals surface area contributed by atoms with Gasteiger partial charge in [0.05, 0.1) is 11.6 Å². The molecule has 0 aliphatic carbocycles. The highest BCUT2D eigenvalue weighted by atomic mass is 35.5. The Morgan fingerprint density at radius 2 is 2.28 bits per heavy atom. The predicted octanol–water partition coefficient (Wildman–Crippen LogP) is 1.65. The van der Waals surface area contributed by atoms with Crippen LogP contribution in [0.15, 0.2) is 18.2 Å². The Bertz CT molecular complexity index is 412. The molecule has 0 fully saturated rings. The van der Waals surface area contributed by atoms with Gasteiger partial charge >= 0.3 is 5.97 Å². The molecule has 0 aromatic heterocycles. The highest BCUT2D eigenvalue weighted by Crippen LogP contribution is 2.28. The highest BCUT2D eigenvalue weighted by molar-refractivity contribution is 6.32. The van der Waals surface area contributed by atoms with Crippen LogP contribution in [0, 0.1) is 0 Å². The lowest BCUT2D eigenvalue weighted by Crippen LogP contribution is -2.25. The van der Waals surface area contributed by atoms with Crippen LogP contribution in [0.1, 0.15) is 6.92 Å². The van der Waals surface area contributed by atoms with Crippen molar-refractivity contribution in [3.8, 4) is 5.75 Å².